The summed E-state index contributed by atoms with van der Waals surface area (Å²) in [5, 5.41) is 9.63. The third-order valence-electron chi connectivity index (χ3n) is 3.05. The Bertz CT molecular complexity index is 344. The Balaban J connectivity index is 2.49. The summed E-state index contributed by atoms with van der Waals surface area (Å²) >= 11 is 0. The second-order valence-electron chi connectivity index (χ2n) is 4.02. The van der Waals surface area contributed by atoms with Gasteiger partial charge in [-0.05, 0) is 48.4 Å². The summed E-state index contributed by atoms with van der Waals surface area (Å²) in [6.45, 7) is 2.23. The van der Waals surface area contributed by atoms with Gasteiger partial charge in [0.15, 0.2) is 11.5 Å². The van der Waals surface area contributed by atoms with E-state index in [1.165, 1.54) is 24.0 Å². The molecule has 1 atom stereocenters. The molecule has 0 spiro atoms. The molecule has 0 saturated carbocycles. The molecule has 0 saturated heterocycles. The van der Waals surface area contributed by atoms with Crippen molar-refractivity contribution in [3.8, 4) is 11.5 Å². The largest absolute Gasteiger partial charge is 0.504 e. The van der Waals surface area contributed by atoms with E-state index in [4.69, 9.17) is 4.74 Å². The van der Waals surface area contributed by atoms with Gasteiger partial charge in [-0.2, -0.15) is 0 Å². The average Bonchev–Trinajstić information content (AvgIpc) is 2.17. The van der Waals surface area contributed by atoms with Crippen LogP contribution in [0.1, 0.15) is 36.8 Å². The summed E-state index contributed by atoms with van der Waals surface area (Å²) in [6.07, 6.45) is 3.54. The highest BCUT2D eigenvalue weighted by Crippen LogP contribution is 2.38. The number of ether oxygens (including phenoxy) is 1. The van der Waals surface area contributed by atoms with Crippen LogP contribution >= 0.6 is 0 Å². The number of benzene rings is 1. The van der Waals surface area contributed by atoms with Crippen LogP contribution in [0.3, 0.4) is 0 Å². The van der Waals surface area contributed by atoms with Gasteiger partial charge in [0, 0.05) is 0 Å². The Morgan fingerprint density at radius 3 is 2.93 bits per heavy atom. The SMILES string of the molecule is COc1cc2c(cc1O)CCCC2C. The quantitative estimate of drug-likeness (QED) is 0.741. The Kier molecular flexibility index (Phi) is 2.36. The van der Waals surface area contributed by atoms with Gasteiger partial charge in [0.2, 0.25) is 0 Å². The standard InChI is InChI=1S/C12H16O2/c1-8-4-3-5-9-6-11(13)12(14-2)7-10(8)9/h6-8,13H,3-5H2,1-2H3. The van der Waals surface area contributed by atoms with Crippen molar-refractivity contribution in [2.45, 2.75) is 32.1 Å². The summed E-state index contributed by atoms with van der Waals surface area (Å²) in [5.41, 5.74) is 2.62. The molecular weight excluding hydrogens is 176 g/mol. The number of rotatable bonds is 1. The molecule has 1 aliphatic rings. The first-order valence-corrected chi connectivity index (χ1v) is 5.12. The van der Waals surface area contributed by atoms with Gasteiger partial charge in [-0.25, -0.2) is 0 Å². The minimum atomic E-state index is 0.264. The van der Waals surface area contributed by atoms with E-state index in [9.17, 15) is 5.11 Å². The molecule has 1 unspecified atom stereocenters. The van der Waals surface area contributed by atoms with Crippen molar-refractivity contribution in [3.63, 3.8) is 0 Å². The van der Waals surface area contributed by atoms with E-state index in [0.717, 1.165) is 6.42 Å². The fourth-order valence-electron chi connectivity index (χ4n) is 2.22. The first kappa shape index (κ1) is 9.38. The average molecular weight is 192 g/mol. The minimum absolute atomic E-state index is 0.264. The van der Waals surface area contributed by atoms with Crippen molar-refractivity contribution < 1.29 is 9.84 Å². The lowest BCUT2D eigenvalue weighted by atomic mass is 9.84. The molecule has 0 radical (unpaired) electrons. The maximum atomic E-state index is 9.63. The van der Waals surface area contributed by atoms with Crippen LogP contribution in [0, 0.1) is 0 Å². The summed E-state index contributed by atoms with van der Waals surface area (Å²) < 4.78 is 5.11. The van der Waals surface area contributed by atoms with Crippen LogP contribution in [0.25, 0.3) is 0 Å². The van der Waals surface area contributed by atoms with Crippen LogP contribution < -0.4 is 4.74 Å². The molecule has 1 aromatic rings. The molecule has 0 bridgehead atoms. The van der Waals surface area contributed by atoms with E-state index in [1.807, 2.05) is 12.1 Å². The van der Waals surface area contributed by atoms with Crippen LogP contribution in [0.15, 0.2) is 12.1 Å². The normalized spacial score (nSPS) is 20.3. The summed E-state index contributed by atoms with van der Waals surface area (Å²) in [7, 11) is 1.59. The van der Waals surface area contributed by atoms with Gasteiger partial charge in [-0.15, -0.1) is 0 Å². The maximum Gasteiger partial charge on any atom is 0.160 e. The van der Waals surface area contributed by atoms with Crippen molar-refractivity contribution in [3.05, 3.63) is 23.3 Å². The number of hydrogen-bond donors (Lipinski definition) is 1. The number of fused-ring (bicyclic) bond motifs is 1. The van der Waals surface area contributed by atoms with Crippen molar-refractivity contribution in [2.75, 3.05) is 7.11 Å². The number of phenols is 1. The molecule has 76 valence electrons. The minimum Gasteiger partial charge on any atom is -0.504 e. The molecule has 0 aromatic heterocycles. The number of aromatic hydroxyl groups is 1. The molecule has 0 aliphatic heterocycles. The summed E-state index contributed by atoms with van der Waals surface area (Å²) in [5.74, 6) is 1.45. The monoisotopic (exact) mass is 192 g/mol. The van der Waals surface area contributed by atoms with Gasteiger partial charge in [0.25, 0.3) is 0 Å². The third kappa shape index (κ3) is 1.45. The van der Waals surface area contributed by atoms with Gasteiger partial charge in [0.05, 0.1) is 7.11 Å². The molecule has 1 N–H and O–H groups in total. The highest BCUT2D eigenvalue weighted by molar-refractivity contribution is 5.48. The first-order chi connectivity index (χ1) is 6.72. The topological polar surface area (TPSA) is 29.5 Å². The molecule has 14 heavy (non-hydrogen) atoms. The van der Waals surface area contributed by atoms with E-state index in [0.29, 0.717) is 11.7 Å². The lowest BCUT2D eigenvalue weighted by Gasteiger charge is -2.23. The number of aryl methyl sites for hydroxylation is 1. The zero-order valence-electron chi connectivity index (χ0n) is 8.71. The Morgan fingerprint density at radius 2 is 2.21 bits per heavy atom. The lowest BCUT2D eigenvalue weighted by Crippen LogP contribution is -2.07. The third-order valence-corrected chi connectivity index (χ3v) is 3.05. The van der Waals surface area contributed by atoms with E-state index in [1.54, 1.807) is 7.11 Å². The smallest absolute Gasteiger partial charge is 0.160 e. The first-order valence-electron chi connectivity index (χ1n) is 5.12. The fraction of sp³-hybridized carbons (Fsp3) is 0.500. The van der Waals surface area contributed by atoms with Crippen LogP contribution in [0.4, 0.5) is 0 Å². The van der Waals surface area contributed by atoms with Crippen LogP contribution in [0.2, 0.25) is 0 Å². The highest BCUT2D eigenvalue weighted by atomic mass is 16.5. The number of hydrogen-bond acceptors (Lipinski definition) is 2. The maximum absolute atomic E-state index is 9.63. The van der Waals surface area contributed by atoms with Crippen LogP contribution in [-0.2, 0) is 6.42 Å². The lowest BCUT2D eigenvalue weighted by molar-refractivity contribution is 0.371. The van der Waals surface area contributed by atoms with E-state index >= 15 is 0 Å². The molecule has 2 nitrogen and oxygen atoms in total. The second-order valence-corrected chi connectivity index (χ2v) is 4.02. The second kappa shape index (κ2) is 3.52. The fourth-order valence-corrected chi connectivity index (χ4v) is 2.22. The van der Waals surface area contributed by atoms with Crippen molar-refractivity contribution >= 4 is 0 Å². The zero-order valence-corrected chi connectivity index (χ0v) is 8.71. The molecule has 0 fully saturated rings. The number of phenolic OH excluding ortho intramolecular Hbond substituents is 1. The van der Waals surface area contributed by atoms with Gasteiger partial charge < -0.3 is 9.84 Å². The predicted molar refractivity (Wildman–Crippen MR) is 56.0 cm³/mol. The van der Waals surface area contributed by atoms with Gasteiger partial charge in [-0.1, -0.05) is 6.92 Å². The molecule has 1 aromatic carbocycles. The van der Waals surface area contributed by atoms with E-state index in [2.05, 4.69) is 6.92 Å². The van der Waals surface area contributed by atoms with E-state index in [-0.39, 0.29) is 5.75 Å². The van der Waals surface area contributed by atoms with Crippen molar-refractivity contribution in [2.24, 2.45) is 0 Å². The zero-order chi connectivity index (χ0) is 10.1. The Morgan fingerprint density at radius 1 is 1.43 bits per heavy atom. The van der Waals surface area contributed by atoms with Crippen LogP contribution in [0.5, 0.6) is 11.5 Å². The summed E-state index contributed by atoms with van der Waals surface area (Å²) in [4.78, 5) is 0. The molecular formula is C12H16O2. The van der Waals surface area contributed by atoms with Gasteiger partial charge in [-0.3, -0.25) is 0 Å². The molecule has 0 heterocycles. The molecule has 0 amide bonds. The predicted octanol–water partition coefficient (Wildman–Crippen LogP) is 2.84. The van der Waals surface area contributed by atoms with Crippen LogP contribution in [-0.4, -0.2) is 12.2 Å². The molecule has 1 aliphatic carbocycles. The van der Waals surface area contributed by atoms with Gasteiger partial charge >= 0.3 is 0 Å². The highest BCUT2D eigenvalue weighted by Gasteiger charge is 2.18. The van der Waals surface area contributed by atoms with Gasteiger partial charge in [0.1, 0.15) is 0 Å². The van der Waals surface area contributed by atoms with Crippen molar-refractivity contribution in [1.82, 2.24) is 0 Å². The van der Waals surface area contributed by atoms with Crippen molar-refractivity contribution in [1.29, 1.82) is 0 Å². The number of methoxy groups -OCH3 is 1. The van der Waals surface area contributed by atoms with E-state index < -0.39 is 0 Å². The summed E-state index contributed by atoms with van der Waals surface area (Å²) in [6, 6.07) is 3.83. The molecule has 2 heteroatoms. The Hall–Kier alpha value is -1.18. The Labute approximate surface area is 84.5 Å². The molecule has 2 rings (SSSR count).